The Balaban J connectivity index is 2.38. The molecule has 0 aliphatic heterocycles. The fraction of sp³-hybridized carbons (Fsp3) is 0. The third-order valence-electron chi connectivity index (χ3n) is 2.82. The van der Waals surface area contributed by atoms with Crippen molar-refractivity contribution in [3.8, 4) is 11.1 Å². The largest absolute Gasteiger partial charge is 0.286 e. The Kier molecular flexibility index (Phi) is 1.77. The SMILES string of the molecule is O=c1cc(-c2cccc3ccccc23)c1=O. The van der Waals surface area contributed by atoms with Crippen molar-refractivity contribution in [2.75, 3.05) is 0 Å². The van der Waals surface area contributed by atoms with Gasteiger partial charge in [-0.1, -0.05) is 42.5 Å². The summed E-state index contributed by atoms with van der Waals surface area (Å²) in [5, 5.41) is 2.09. The Morgan fingerprint density at radius 2 is 1.50 bits per heavy atom. The number of hydrogen-bond donors (Lipinski definition) is 0. The highest BCUT2D eigenvalue weighted by Crippen LogP contribution is 2.25. The lowest BCUT2D eigenvalue weighted by atomic mass is 9.96. The van der Waals surface area contributed by atoms with Crippen molar-refractivity contribution in [3.63, 3.8) is 0 Å². The van der Waals surface area contributed by atoms with Crippen molar-refractivity contribution in [2.24, 2.45) is 0 Å². The molecule has 0 aromatic heterocycles. The highest BCUT2D eigenvalue weighted by atomic mass is 16.2. The Bertz CT molecular complexity index is 741. The lowest BCUT2D eigenvalue weighted by molar-refractivity contribution is 1.42. The topological polar surface area (TPSA) is 34.1 Å². The van der Waals surface area contributed by atoms with Crippen LogP contribution in [0.15, 0.2) is 58.1 Å². The molecule has 0 aliphatic carbocycles. The van der Waals surface area contributed by atoms with Crippen LogP contribution in [0.2, 0.25) is 0 Å². The summed E-state index contributed by atoms with van der Waals surface area (Å²) in [6.07, 6.45) is 0. The van der Waals surface area contributed by atoms with Crippen LogP contribution in [0.4, 0.5) is 0 Å². The van der Waals surface area contributed by atoms with Crippen LogP contribution in [0.3, 0.4) is 0 Å². The Morgan fingerprint density at radius 1 is 0.750 bits per heavy atom. The van der Waals surface area contributed by atoms with E-state index >= 15 is 0 Å². The van der Waals surface area contributed by atoms with E-state index in [1.165, 1.54) is 6.07 Å². The van der Waals surface area contributed by atoms with Crippen molar-refractivity contribution < 1.29 is 0 Å². The molecule has 0 saturated carbocycles. The minimum Gasteiger partial charge on any atom is -0.286 e. The molecule has 0 bridgehead atoms. The third-order valence-corrected chi connectivity index (χ3v) is 2.82. The molecule has 0 saturated heterocycles. The first-order valence-corrected chi connectivity index (χ1v) is 5.06. The van der Waals surface area contributed by atoms with Crippen molar-refractivity contribution in [3.05, 3.63) is 69.0 Å². The van der Waals surface area contributed by atoms with E-state index in [4.69, 9.17) is 0 Å². The molecule has 0 atom stereocenters. The minimum atomic E-state index is -0.400. The van der Waals surface area contributed by atoms with Gasteiger partial charge in [-0.3, -0.25) is 9.59 Å². The fourth-order valence-electron chi connectivity index (χ4n) is 1.98. The van der Waals surface area contributed by atoms with E-state index in [1.54, 1.807) is 0 Å². The molecule has 0 spiro atoms. The molecule has 0 radical (unpaired) electrons. The normalized spacial score (nSPS) is 11.0. The molecule has 2 heteroatoms. The van der Waals surface area contributed by atoms with Crippen LogP contribution < -0.4 is 10.9 Å². The second kappa shape index (κ2) is 3.14. The fourth-order valence-corrected chi connectivity index (χ4v) is 1.98. The van der Waals surface area contributed by atoms with E-state index in [2.05, 4.69) is 0 Å². The average Bonchev–Trinajstić information content (AvgIpc) is 2.35. The predicted molar refractivity (Wildman–Crippen MR) is 64.3 cm³/mol. The number of fused-ring (bicyclic) bond motifs is 1. The minimum absolute atomic E-state index is 0.378. The Morgan fingerprint density at radius 3 is 2.25 bits per heavy atom. The lowest BCUT2D eigenvalue weighted by Crippen LogP contribution is -2.30. The van der Waals surface area contributed by atoms with Crippen LogP contribution in [0, 0.1) is 0 Å². The quantitative estimate of drug-likeness (QED) is 0.574. The molecule has 0 N–H and O–H groups in total. The van der Waals surface area contributed by atoms with Gasteiger partial charge in [0, 0.05) is 11.6 Å². The van der Waals surface area contributed by atoms with Gasteiger partial charge in [0.2, 0.25) is 10.9 Å². The number of benzene rings is 2. The summed E-state index contributed by atoms with van der Waals surface area (Å²) in [5.74, 6) is 0. The van der Waals surface area contributed by atoms with Gasteiger partial charge in [-0.2, -0.15) is 0 Å². The lowest BCUT2D eigenvalue weighted by Gasteiger charge is -2.06. The maximum Gasteiger partial charge on any atom is 0.233 e. The van der Waals surface area contributed by atoms with Crippen LogP contribution in [0.1, 0.15) is 0 Å². The summed E-state index contributed by atoms with van der Waals surface area (Å²) in [4.78, 5) is 22.3. The first-order chi connectivity index (χ1) is 7.77. The molecular weight excluding hydrogens is 200 g/mol. The van der Waals surface area contributed by atoms with E-state index in [-0.39, 0.29) is 5.43 Å². The molecule has 0 heterocycles. The van der Waals surface area contributed by atoms with Gasteiger partial charge in [0.15, 0.2) is 0 Å². The molecular formula is C14H8O2. The van der Waals surface area contributed by atoms with E-state index in [1.807, 2.05) is 42.5 Å². The van der Waals surface area contributed by atoms with E-state index in [0.29, 0.717) is 5.56 Å². The van der Waals surface area contributed by atoms with E-state index in [0.717, 1.165) is 16.3 Å². The van der Waals surface area contributed by atoms with Gasteiger partial charge in [0.25, 0.3) is 0 Å². The molecule has 3 aromatic rings. The van der Waals surface area contributed by atoms with E-state index < -0.39 is 5.43 Å². The first-order valence-electron chi connectivity index (χ1n) is 5.06. The van der Waals surface area contributed by atoms with Gasteiger partial charge in [0.1, 0.15) is 0 Å². The molecule has 0 aliphatic rings. The zero-order valence-corrected chi connectivity index (χ0v) is 8.44. The predicted octanol–water partition coefficient (Wildman–Crippen LogP) is 2.10. The van der Waals surface area contributed by atoms with Crippen LogP contribution in [0.25, 0.3) is 21.9 Å². The van der Waals surface area contributed by atoms with Gasteiger partial charge in [0.05, 0.1) is 0 Å². The molecule has 0 fully saturated rings. The van der Waals surface area contributed by atoms with Gasteiger partial charge in [-0.05, 0) is 16.3 Å². The number of hydrogen-bond acceptors (Lipinski definition) is 2. The van der Waals surface area contributed by atoms with Crippen LogP contribution in [-0.4, -0.2) is 0 Å². The second-order valence-electron chi connectivity index (χ2n) is 3.78. The Hall–Kier alpha value is -2.22. The first kappa shape index (κ1) is 9.04. The van der Waals surface area contributed by atoms with Crippen molar-refractivity contribution in [2.45, 2.75) is 0 Å². The molecule has 3 rings (SSSR count). The van der Waals surface area contributed by atoms with Gasteiger partial charge < -0.3 is 0 Å². The summed E-state index contributed by atoms with van der Waals surface area (Å²) in [5.41, 5.74) is 0.601. The highest BCUT2D eigenvalue weighted by Gasteiger charge is 2.13. The van der Waals surface area contributed by atoms with Crippen molar-refractivity contribution >= 4 is 10.8 Å². The van der Waals surface area contributed by atoms with Gasteiger partial charge in [-0.15, -0.1) is 0 Å². The molecule has 0 amide bonds. The second-order valence-corrected chi connectivity index (χ2v) is 3.78. The van der Waals surface area contributed by atoms with Crippen LogP contribution in [0.5, 0.6) is 0 Å². The van der Waals surface area contributed by atoms with E-state index in [9.17, 15) is 9.59 Å². The highest BCUT2D eigenvalue weighted by molar-refractivity contribution is 5.96. The average molecular weight is 208 g/mol. The smallest absolute Gasteiger partial charge is 0.233 e. The molecule has 76 valence electrons. The maximum atomic E-state index is 11.4. The standard InChI is InChI=1S/C14H8O2/c15-13-8-12(14(13)16)11-7-3-5-9-4-1-2-6-10(9)11/h1-8H. The summed E-state index contributed by atoms with van der Waals surface area (Å²) in [6, 6.07) is 15.0. The molecule has 3 aromatic carbocycles. The zero-order chi connectivity index (χ0) is 11.1. The summed E-state index contributed by atoms with van der Waals surface area (Å²) < 4.78 is 0. The molecule has 0 unspecified atom stereocenters. The van der Waals surface area contributed by atoms with Gasteiger partial charge >= 0.3 is 0 Å². The third kappa shape index (κ3) is 1.13. The summed E-state index contributed by atoms with van der Waals surface area (Å²) in [6.45, 7) is 0. The summed E-state index contributed by atoms with van der Waals surface area (Å²) in [7, 11) is 0. The summed E-state index contributed by atoms with van der Waals surface area (Å²) >= 11 is 0. The van der Waals surface area contributed by atoms with Crippen molar-refractivity contribution in [1.29, 1.82) is 0 Å². The van der Waals surface area contributed by atoms with Crippen LogP contribution >= 0.6 is 0 Å². The molecule has 2 nitrogen and oxygen atoms in total. The number of rotatable bonds is 1. The maximum absolute atomic E-state index is 11.4. The zero-order valence-electron chi connectivity index (χ0n) is 8.44. The van der Waals surface area contributed by atoms with Gasteiger partial charge in [-0.25, -0.2) is 0 Å². The van der Waals surface area contributed by atoms with Crippen LogP contribution in [-0.2, 0) is 0 Å². The van der Waals surface area contributed by atoms with Crippen molar-refractivity contribution in [1.82, 2.24) is 0 Å². The monoisotopic (exact) mass is 208 g/mol. The Labute approximate surface area is 91.5 Å². The molecule has 16 heavy (non-hydrogen) atoms.